The van der Waals surface area contributed by atoms with Crippen molar-refractivity contribution in [1.29, 1.82) is 0 Å². The Balaban J connectivity index is 2.88. The van der Waals surface area contributed by atoms with Gasteiger partial charge in [-0.05, 0) is 19.1 Å². The number of aryl methyl sites for hydroxylation is 1. The number of carbonyl (C=O) groups is 1. The Morgan fingerprint density at radius 1 is 1.62 bits per heavy atom. The lowest BCUT2D eigenvalue weighted by Crippen LogP contribution is -2.20. The largest absolute Gasteiger partial charge is 0.468 e. The zero-order valence-corrected chi connectivity index (χ0v) is 9.93. The number of thiocarbonyl (C=S) groups is 1. The molecule has 1 aromatic heterocycles. The molecule has 1 heterocycles. The van der Waals surface area contributed by atoms with Gasteiger partial charge in [0.15, 0.2) is 0 Å². The zero-order valence-electron chi connectivity index (χ0n) is 9.11. The number of nitrogens with zero attached hydrogens (tertiary/aromatic N) is 1. The van der Waals surface area contributed by atoms with Gasteiger partial charge in [-0.3, -0.25) is 4.79 Å². The summed E-state index contributed by atoms with van der Waals surface area (Å²) in [6, 6.07) is 3.57. The van der Waals surface area contributed by atoms with E-state index in [0.717, 1.165) is 5.69 Å². The van der Waals surface area contributed by atoms with Crippen molar-refractivity contribution in [1.82, 2.24) is 4.98 Å². The third-order valence-corrected chi connectivity index (χ3v) is 2.15. The molecule has 0 saturated carbocycles. The molecular formula is C10H13N3O2S. The quantitative estimate of drug-likeness (QED) is 0.592. The number of nitrogens with two attached hydrogens (primary N) is 1. The van der Waals surface area contributed by atoms with Crippen molar-refractivity contribution in [3.05, 3.63) is 23.4 Å². The van der Waals surface area contributed by atoms with Crippen molar-refractivity contribution in [2.24, 2.45) is 5.73 Å². The molecule has 1 aromatic rings. The molecule has 3 N–H and O–H groups in total. The number of carbonyl (C=O) groups excluding carboxylic acids is 1. The van der Waals surface area contributed by atoms with Crippen molar-refractivity contribution in [3.8, 4) is 0 Å². The molecule has 0 fully saturated rings. The zero-order chi connectivity index (χ0) is 12.1. The number of esters is 1. The number of hydrogen-bond donors (Lipinski definition) is 2. The Morgan fingerprint density at radius 3 is 2.88 bits per heavy atom. The normalized spacial score (nSPS) is 9.62. The molecule has 0 aromatic carbocycles. The Kier molecular flexibility index (Phi) is 4.19. The van der Waals surface area contributed by atoms with Gasteiger partial charge in [-0.25, -0.2) is 4.98 Å². The predicted molar refractivity (Wildman–Crippen MR) is 65.4 cm³/mol. The fourth-order valence-electron chi connectivity index (χ4n) is 1.12. The van der Waals surface area contributed by atoms with Crippen LogP contribution in [0, 0.1) is 6.92 Å². The maximum Gasteiger partial charge on any atom is 0.325 e. The molecule has 86 valence electrons. The second kappa shape index (κ2) is 5.41. The molecule has 0 aliphatic heterocycles. The maximum atomic E-state index is 11.0. The lowest BCUT2D eigenvalue weighted by Gasteiger charge is -2.09. The molecule has 0 aliphatic rings. The number of pyridine rings is 1. The van der Waals surface area contributed by atoms with Crippen LogP contribution in [0.1, 0.15) is 11.3 Å². The smallest absolute Gasteiger partial charge is 0.325 e. The van der Waals surface area contributed by atoms with E-state index in [1.165, 1.54) is 7.11 Å². The molecule has 0 amide bonds. The molecule has 0 radical (unpaired) electrons. The molecule has 6 heteroatoms. The highest BCUT2D eigenvalue weighted by atomic mass is 32.1. The fourth-order valence-corrected chi connectivity index (χ4v) is 1.28. The monoisotopic (exact) mass is 239 g/mol. The van der Waals surface area contributed by atoms with Crippen LogP contribution in [0.3, 0.4) is 0 Å². The number of anilines is 1. The van der Waals surface area contributed by atoms with Crippen LogP contribution in [0.25, 0.3) is 0 Å². The van der Waals surface area contributed by atoms with E-state index >= 15 is 0 Å². The van der Waals surface area contributed by atoms with Gasteiger partial charge in [-0.1, -0.05) is 12.2 Å². The summed E-state index contributed by atoms with van der Waals surface area (Å²) in [7, 11) is 1.32. The predicted octanol–water partition coefficient (Wildman–Crippen LogP) is 0.609. The summed E-state index contributed by atoms with van der Waals surface area (Å²) in [4.78, 5) is 15.4. The van der Waals surface area contributed by atoms with Gasteiger partial charge >= 0.3 is 5.97 Å². The van der Waals surface area contributed by atoms with Crippen LogP contribution in [-0.2, 0) is 9.53 Å². The highest BCUT2D eigenvalue weighted by Crippen LogP contribution is 2.12. The number of methoxy groups -OCH3 is 1. The second-order valence-electron chi connectivity index (χ2n) is 3.14. The fraction of sp³-hybridized carbons (Fsp3) is 0.300. The first kappa shape index (κ1) is 12.4. The van der Waals surface area contributed by atoms with E-state index in [-0.39, 0.29) is 17.5 Å². The average molecular weight is 239 g/mol. The summed E-state index contributed by atoms with van der Waals surface area (Å²) >= 11 is 4.88. The average Bonchev–Trinajstić information content (AvgIpc) is 2.25. The van der Waals surface area contributed by atoms with E-state index in [9.17, 15) is 4.79 Å². The van der Waals surface area contributed by atoms with Crippen LogP contribution in [0.4, 0.5) is 5.82 Å². The Morgan fingerprint density at radius 2 is 2.31 bits per heavy atom. The van der Waals surface area contributed by atoms with Crippen LogP contribution in [0.15, 0.2) is 12.1 Å². The minimum Gasteiger partial charge on any atom is -0.468 e. The number of rotatable bonds is 4. The Labute approximate surface area is 99.0 Å². The SMILES string of the molecule is COC(=O)CNc1nc(C)ccc1C(N)=S. The lowest BCUT2D eigenvalue weighted by molar-refractivity contribution is -0.138. The molecule has 0 atom stereocenters. The van der Waals surface area contributed by atoms with E-state index in [0.29, 0.717) is 11.4 Å². The van der Waals surface area contributed by atoms with Gasteiger partial charge in [-0.15, -0.1) is 0 Å². The second-order valence-corrected chi connectivity index (χ2v) is 3.58. The molecule has 0 aliphatic carbocycles. The van der Waals surface area contributed by atoms with Crippen LogP contribution in [0.2, 0.25) is 0 Å². The minimum absolute atomic E-state index is 0.0303. The van der Waals surface area contributed by atoms with E-state index in [4.69, 9.17) is 18.0 Å². The molecule has 0 spiro atoms. The van der Waals surface area contributed by atoms with Crippen LogP contribution in [0.5, 0.6) is 0 Å². The van der Waals surface area contributed by atoms with Gasteiger partial charge in [0.05, 0.1) is 12.7 Å². The summed E-state index contributed by atoms with van der Waals surface area (Å²) in [5.74, 6) is 0.120. The van der Waals surface area contributed by atoms with Crippen molar-refractivity contribution in [2.75, 3.05) is 19.0 Å². The van der Waals surface area contributed by atoms with E-state index in [1.807, 2.05) is 6.92 Å². The van der Waals surface area contributed by atoms with Crippen molar-refractivity contribution in [2.45, 2.75) is 6.92 Å². The summed E-state index contributed by atoms with van der Waals surface area (Å²) in [5.41, 5.74) is 6.97. The van der Waals surface area contributed by atoms with Crippen molar-refractivity contribution < 1.29 is 9.53 Å². The first-order chi connectivity index (χ1) is 7.54. The molecule has 16 heavy (non-hydrogen) atoms. The highest BCUT2D eigenvalue weighted by molar-refractivity contribution is 7.80. The number of ether oxygens (including phenoxy) is 1. The third kappa shape index (κ3) is 3.16. The third-order valence-electron chi connectivity index (χ3n) is 1.93. The summed E-state index contributed by atoms with van der Waals surface area (Å²) < 4.78 is 4.51. The van der Waals surface area contributed by atoms with Crippen LogP contribution < -0.4 is 11.1 Å². The van der Waals surface area contributed by atoms with Gasteiger partial charge in [0.1, 0.15) is 17.4 Å². The van der Waals surface area contributed by atoms with Gasteiger partial charge < -0.3 is 15.8 Å². The van der Waals surface area contributed by atoms with Crippen molar-refractivity contribution in [3.63, 3.8) is 0 Å². The first-order valence-electron chi connectivity index (χ1n) is 4.62. The van der Waals surface area contributed by atoms with Gasteiger partial charge in [-0.2, -0.15) is 0 Å². The number of nitrogens with one attached hydrogen (secondary N) is 1. The van der Waals surface area contributed by atoms with Gasteiger partial charge in [0.25, 0.3) is 0 Å². The summed E-state index contributed by atoms with van der Waals surface area (Å²) in [6.07, 6.45) is 0. The number of hydrogen-bond acceptors (Lipinski definition) is 5. The summed E-state index contributed by atoms with van der Waals surface area (Å²) in [5, 5.41) is 2.83. The molecule has 0 bridgehead atoms. The molecular weight excluding hydrogens is 226 g/mol. The Hall–Kier alpha value is -1.69. The van der Waals surface area contributed by atoms with Gasteiger partial charge in [0.2, 0.25) is 0 Å². The summed E-state index contributed by atoms with van der Waals surface area (Å²) in [6.45, 7) is 1.87. The van der Waals surface area contributed by atoms with E-state index < -0.39 is 0 Å². The molecule has 5 nitrogen and oxygen atoms in total. The lowest BCUT2D eigenvalue weighted by atomic mass is 10.2. The van der Waals surface area contributed by atoms with Crippen molar-refractivity contribution >= 4 is 29.0 Å². The van der Waals surface area contributed by atoms with Crippen LogP contribution in [-0.4, -0.2) is 29.6 Å². The number of aromatic nitrogens is 1. The molecule has 0 saturated heterocycles. The topological polar surface area (TPSA) is 77.2 Å². The van der Waals surface area contributed by atoms with Gasteiger partial charge in [0, 0.05) is 5.69 Å². The van der Waals surface area contributed by atoms with E-state index in [1.54, 1.807) is 12.1 Å². The van der Waals surface area contributed by atoms with E-state index in [2.05, 4.69) is 15.0 Å². The standard InChI is InChI=1S/C10H13N3O2S/c1-6-3-4-7(9(11)16)10(13-6)12-5-8(14)15-2/h3-4H,5H2,1-2H3,(H2,11,16)(H,12,13). The Bertz CT molecular complexity index is 421. The van der Waals surface area contributed by atoms with Crippen LogP contribution >= 0.6 is 12.2 Å². The first-order valence-corrected chi connectivity index (χ1v) is 5.03. The minimum atomic E-state index is -0.378. The maximum absolute atomic E-state index is 11.0. The highest BCUT2D eigenvalue weighted by Gasteiger charge is 2.08. The molecule has 0 unspecified atom stereocenters. The molecule has 1 rings (SSSR count).